The van der Waals surface area contributed by atoms with E-state index in [9.17, 15) is 0 Å². The predicted molar refractivity (Wildman–Crippen MR) is 91.2 cm³/mol. The van der Waals surface area contributed by atoms with Crippen LogP contribution in [0.3, 0.4) is 0 Å². The lowest BCUT2D eigenvalue weighted by Crippen LogP contribution is -2.18. The van der Waals surface area contributed by atoms with Crippen molar-refractivity contribution in [1.29, 1.82) is 0 Å². The molecule has 0 saturated carbocycles. The molecule has 2 rings (SSSR count). The van der Waals surface area contributed by atoms with Crippen LogP contribution in [0.25, 0.3) is 0 Å². The van der Waals surface area contributed by atoms with Gasteiger partial charge in [0, 0.05) is 22.3 Å². The second-order valence-electron chi connectivity index (χ2n) is 4.83. The van der Waals surface area contributed by atoms with E-state index in [1.54, 1.807) is 0 Å². The van der Waals surface area contributed by atoms with Gasteiger partial charge in [-0.3, -0.25) is 0 Å². The van der Waals surface area contributed by atoms with Crippen molar-refractivity contribution >= 4 is 11.8 Å². The smallest absolute Gasteiger partial charge is 0.124 e. The number of benzene rings is 2. The van der Waals surface area contributed by atoms with E-state index in [1.807, 2.05) is 23.9 Å². The van der Waals surface area contributed by atoms with Gasteiger partial charge in [-0.05, 0) is 31.7 Å². The molecule has 0 aliphatic heterocycles. The molecule has 0 spiro atoms. The number of hydrogen-bond acceptors (Lipinski definition) is 3. The van der Waals surface area contributed by atoms with Crippen LogP contribution in [0.1, 0.15) is 25.5 Å². The molecule has 0 fully saturated rings. The summed E-state index contributed by atoms with van der Waals surface area (Å²) in [5.41, 5.74) is 1.23. The van der Waals surface area contributed by atoms with Crippen LogP contribution in [-0.4, -0.2) is 18.9 Å². The number of para-hydroxylation sites is 1. The second kappa shape index (κ2) is 8.75. The highest BCUT2D eigenvalue weighted by atomic mass is 32.2. The zero-order chi connectivity index (χ0) is 14.9. The molecule has 2 aromatic carbocycles. The monoisotopic (exact) mass is 301 g/mol. The van der Waals surface area contributed by atoms with E-state index < -0.39 is 0 Å². The fourth-order valence-corrected chi connectivity index (χ4v) is 2.97. The molecule has 2 nitrogen and oxygen atoms in total. The third kappa shape index (κ3) is 5.10. The van der Waals surface area contributed by atoms with Crippen molar-refractivity contribution in [2.45, 2.75) is 24.8 Å². The molecule has 1 atom stereocenters. The molecule has 0 radical (unpaired) electrons. The van der Waals surface area contributed by atoms with Gasteiger partial charge >= 0.3 is 0 Å². The Balaban J connectivity index is 1.85. The van der Waals surface area contributed by atoms with Gasteiger partial charge in [-0.25, -0.2) is 0 Å². The maximum atomic E-state index is 5.97. The van der Waals surface area contributed by atoms with Crippen molar-refractivity contribution in [2.24, 2.45) is 0 Å². The normalized spacial score (nSPS) is 12.1. The van der Waals surface area contributed by atoms with Gasteiger partial charge in [0.2, 0.25) is 0 Å². The van der Waals surface area contributed by atoms with Crippen LogP contribution < -0.4 is 10.1 Å². The van der Waals surface area contributed by atoms with E-state index in [-0.39, 0.29) is 0 Å². The number of ether oxygens (including phenoxy) is 1. The van der Waals surface area contributed by atoms with Crippen LogP contribution in [0.15, 0.2) is 59.5 Å². The Morgan fingerprint density at radius 3 is 2.52 bits per heavy atom. The summed E-state index contributed by atoms with van der Waals surface area (Å²) in [4.78, 5) is 1.29. The van der Waals surface area contributed by atoms with Crippen LogP contribution >= 0.6 is 11.8 Å². The average Bonchev–Trinajstić information content (AvgIpc) is 2.53. The Morgan fingerprint density at radius 2 is 1.76 bits per heavy atom. The summed E-state index contributed by atoms with van der Waals surface area (Å²) in [7, 11) is 0. The lowest BCUT2D eigenvalue weighted by Gasteiger charge is -2.17. The van der Waals surface area contributed by atoms with E-state index in [2.05, 4.69) is 61.6 Å². The van der Waals surface area contributed by atoms with Gasteiger partial charge < -0.3 is 10.1 Å². The summed E-state index contributed by atoms with van der Waals surface area (Å²) in [6.45, 7) is 5.97. The molecule has 0 saturated heterocycles. The minimum absolute atomic E-state index is 0.313. The molecule has 3 heteroatoms. The molecule has 0 heterocycles. The summed E-state index contributed by atoms with van der Waals surface area (Å²) < 4.78 is 5.97. The standard InChI is InChI=1S/C18H23NOS/c1-3-19-15(2)17-11-7-8-12-18(17)20-13-14-21-16-9-5-4-6-10-16/h4-12,15,19H,3,13-14H2,1-2H3. The molecule has 0 bridgehead atoms. The first-order valence-electron chi connectivity index (χ1n) is 7.44. The fraction of sp³-hybridized carbons (Fsp3) is 0.333. The summed E-state index contributed by atoms with van der Waals surface area (Å²) in [5, 5.41) is 3.43. The van der Waals surface area contributed by atoms with Crippen molar-refractivity contribution < 1.29 is 4.74 Å². The SMILES string of the molecule is CCNC(C)c1ccccc1OCCSc1ccccc1. The minimum atomic E-state index is 0.313. The largest absolute Gasteiger partial charge is 0.492 e. The Hall–Kier alpha value is -1.45. The number of nitrogens with one attached hydrogen (secondary N) is 1. The number of hydrogen-bond donors (Lipinski definition) is 1. The summed E-state index contributed by atoms with van der Waals surface area (Å²) in [5.74, 6) is 1.94. The predicted octanol–water partition coefficient (Wildman–Crippen LogP) is 4.53. The van der Waals surface area contributed by atoms with Gasteiger partial charge in [0.25, 0.3) is 0 Å². The van der Waals surface area contributed by atoms with Crippen LogP contribution in [0.4, 0.5) is 0 Å². The lowest BCUT2D eigenvalue weighted by molar-refractivity contribution is 0.336. The average molecular weight is 301 g/mol. The minimum Gasteiger partial charge on any atom is -0.492 e. The zero-order valence-corrected chi connectivity index (χ0v) is 13.5. The molecule has 112 valence electrons. The lowest BCUT2D eigenvalue weighted by atomic mass is 10.1. The highest BCUT2D eigenvalue weighted by Crippen LogP contribution is 2.25. The molecular formula is C18H23NOS. The van der Waals surface area contributed by atoms with Crippen molar-refractivity contribution in [3.63, 3.8) is 0 Å². The third-order valence-corrected chi connectivity index (χ3v) is 4.22. The first-order chi connectivity index (χ1) is 10.3. The summed E-state index contributed by atoms with van der Waals surface area (Å²) in [6, 6.07) is 19.0. The zero-order valence-electron chi connectivity index (χ0n) is 12.7. The van der Waals surface area contributed by atoms with Gasteiger partial charge in [0.15, 0.2) is 0 Å². The molecule has 0 amide bonds. The maximum Gasteiger partial charge on any atom is 0.124 e. The molecule has 0 aliphatic rings. The van der Waals surface area contributed by atoms with Crippen LogP contribution in [0.2, 0.25) is 0 Å². The van der Waals surface area contributed by atoms with Crippen molar-refractivity contribution in [1.82, 2.24) is 5.32 Å². The molecule has 0 aromatic heterocycles. The van der Waals surface area contributed by atoms with Crippen LogP contribution in [0, 0.1) is 0 Å². The van der Waals surface area contributed by atoms with Crippen molar-refractivity contribution in [3.8, 4) is 5.75 Å². The molecule has 1 N–H and O–H groups in total. The number of rotatable bonds is 8. The molecule has 2 aromatic rings. The fourth-order valence-electron chi connectivity index (χ4n) is 2.21. The van der Waals surface area contributed by atoms with E-state index in [0.29, 0.717) is 6.04 Å². The van der Waals surface area contributed by atoms with Crippen LogP contribution in [-0.2, 0) is 0 Å². The Bertz CT molecular complexity index is 530. The highest BCUT2D eigenvalue weighted by molar-refractivity contribution is 7.99. The van der Waals surface area contributed by atoms with Gasteiger partial charge in [0.05, 0.1) is 6.61 Å². The Labute approximate surface area is 131 Å². The van der Waals surface area contributed by atoms with E-state index in [4.69, 9.17) is 4.74 Å². The van der Waals surface area contributed by atoms with E-state index in [0.717, 1.165) is 24.7 Å². The van der Waals surface area contributed by atoms with Gasteiger partial charge in [-0.1, -0.05) is 43.3 Å². The van der Waals surface area contributed by atoms with Crippen LogP contribution in [0.5, 0.6) is 5.75 Å². The number of thioether (sulfide) groups is 1. The van der Waals surface area contributed by atoms with Gasteiger partial charge in [-0.15, -0.1) is 11.8 Å². The molecule has 21 heavy (non-hydrogen) atoms. The maximum absolute atomic E-state index is 5.97. The van der Waals surface area contributed by atoms with E-state index >= 15 is 0 Å². The Morgan fingerprint density at radius 1 is 1.05 bits per heavy atom. The first-order valence-corrected chi connectivity index (χ1v) is 8.42. The topological polar surface area (TPSA) is 21.3 Å². The molecule has 1 unspecified atom stereocenters. The van der Waals surface area contributed by atoms with Crippen molar-refractivity contribution in [3.05, 3.63) is 60.2 Å². The summed E-state index contributed by atoms with van der Waals surface area (Å²) in [6.07, 6.45) is 0. The first kappa shape index (κ1) is 15.9. The third-order valence-electron chi connectivity index (χ3n) is 3.25. The van der Waals surface area contributed by atoms with Gasteiger partial charge in [-0.2, -0.15) is 0 Å². The van der Waals surface area contributed by atoms with Gasteiger partial charge in [0.1, 0.15) is 5.75 Å². The van der Waals surface area contributed by atoms with Crippen molar-refractivity contribution in [2.75, 3.05) is 18.9 Å². The molecule has 0 aliphatic carbocycles. The second-order valence-corrected chi connectivity index (χ2v) is 6.00. The highest BCUT2D eigenvalue weighted by Gasteiger charge is 2.09. The quantitative estimate of drug-likeness (QED) is 0.572. The van der Waals surface area contributed by atoms with E-state index in [1.165, 1.54) is 10.5 Å². The Kier molecular flexibility index (Phi) is 6.64. The summed E-state index contributed by atoms with van der Waals surface area (Å²) >= 11 is 1.82. The molecular weight excluding hydrogens is 278 g/mol.